The lowest BCUT2D eigenvalue weighted by molar-refractivity contribution is 0.104. The van der Waals surface area contributed by atoms with Gasteiger partial charge in [-0.1, -0.05) is 31.5 Å². The van der Waals surface area contributed by atoms with Gasteiger partial charge in [-0.2, -0.15) is 5.10 Å². The molecule has 17 heavy (non-hydrogen) atoms. The van der Waals surface area contributed by atoms with Gasteiger partial charge in [0.05, 0.1) is 0 Å². The molecule has 3 nitrogen and oxygen atoms in total. The number of nitrogens with two attached hydrogens (primary N) is 1. The van der Waals surface area contributed by atoms with E-state index in [9.17, 15) is 4.79 Å². The number of benzene rings is 1. The molecule has 0 amide bonds. The Labute approximate surface area is 102 Å². The van der Waals surface area contributed by atoms with Crippen LogP contribution in [0.5, 0.6) is 0 Å². The Kier molecular flexibility index (Phi) is 2.57. The number of aryl methyl sites for hydroxylation is 2. The average molecular weight is 230 g/mol. The number of hydrazone groups is 1. The van der Waals surface area contributed by atoms with Crippen molar-refractivity contribution in [3.8, 4) is 0 Å². The number of carbonyl (C=O) groups is 1. The topological polar surface area (TPSA) is 55.4 Å². The second kappa shape index (κ2) is 3.69. The predicted octanol–water partition coefficient (Wildman–Crippen LogP) is 2.38. The van der Waals surface area contributed by atoms with Crippen LogP contribution in [0.3, 0.4) is 0 Å². The van der Waals surface area contributed by atoms with Crippen LogP contribution in [0.25, 0.3) is 0 Å². The number of fused-ring (bicyclic) bond motifs is 1. The van der Waals surface area contributed by atoms with Crippen LogP contribution in [-0.4, -0.2) is 11.5 Å². The largest absolute Gasteiger partial charge is 0.323 e. The summed E-state index contributed by atoms with van der Waals surface area (Å²) in [6.07, 6.45) is 0.812. The van der Waals surface area contributed by atoms with Crippen LogP contribution in [0, 0.1) is 19.3 Å². The minimum absolute atomic E-state index is 0.0174. The van der Waals surface area contributed by atoms with Gasteiger partial charge in [-0.3, -0.25) is 4.79 Å². The fourth-order valence-electron chi connectivity index (χ4n) is 2.74. The first kappa shape index (κ1) is 11.8. The van der Waals surface area contributed by atoms with Gasteiger partial charge in [0.2, 0.25) is 5.78 Å². The highest BCUT2D eigenvalue weighted by Crippen LogP contribution is 2.34. The van der Waals surface area contributed by atoms with Crippen molar-refractivity contribution in [3.05, 3.63) is 34.4 Å². The highest BCUT2D eigenvalue weighted by Gasteiger charge is 2.38. The van der Waals surface area contributed by atoms with Gasteiger partial charge in [-0.05, 0) is 31.4 Å². The molecule has 0 saturated carbocycles. The van der Waals surface area contributed by atoms with E-state index in [1.807, 2.05) is 26.8 Å². The Bertz CT molecular complexity index is 527. The smallest absolute Gasteiger partial charge is 0.210 e. The number of nitrogens with zero attached hydrogens (tertiary/aromatic N) is 1. The lowest BCUT2D eigenvalue weighted by Gasteiger charge is -2.32. The lowest BCUT2D eigenvalue weighted by Crippen LogP contribution is -2.40. The third-order valence-corrected chi connectivity index (χ3v) is 3.41. The fourth-order valence-corrected chi connectivity index (χ4v) is 2.74. The molecular weight excluding hydrogens is 212 g/mol. The first-order chi connectivity index (χ1) is 7.86. The molecular formula is C14H18N2O. The summed E-state index contributed by atoms with van der Waals surface area (Å²) in [5, 5.41) is 3.71. The van der Waals surface area contributed by atoms with Crippen LogP contribution in [0.2, 0.25) is 0 Å². The number of ketones is 1. The Morgan fingerprint density at radius 2 is 1.94 bits per heavy atom. The Balaban J connectivity index is 2.70. The molecule has 1 aromatic rings. The predicted molar refractivity (Wildman–Crippen MR) is 69.4 cm³/mol. The first-order valence-corrected chi connectivity index (χ1v) is 5.80. The summed E-state index contributed by atoms with van der Waals surface area (Å²) in [6, 6.07) is 4.12. The zero-order chi connectivity index (χ0) is 12.8. The van der Waals surface area contributed by atoms with Crippen LogP contribution in [0.4, 0.5) is 0 Å². The van der Waals surface area contributed by atoms with E-state index in [-0.39, 0.29) is 11.2 Å². The highest BCUT2D eigenvalue weighted by molar-refractivity contribution is 6.49. The van der Waals surface area contributed by atoms with Crippen molar-refractivity contribution in [2.45, 2.75) is 34.1 Å². The van der Waals surface area contributed by atoms with Crippen LogP contribution >= 0.6 is 0 Å². The summed E-state index contributed by atoms with van der Waals surface area (Å²) in [5.41, 5.74) is 4.32. The molecule has 0 fully saturated rings. The summed E-state index contributed by atoms with van der Waals surface area (Å²) in [5.74, 6) is 5.36. The van der Waals surface area contributed by atoms with E-state index >= 15 is 0 Å². The van der Waals surface area contributed by atoms with E-state index in [0.717, 1.165) is 23.1 Å². The molecule has 0 unspecified atom stereocenters. The van der Waals surface area contributed by atoms with Crippen LogP contribution in [0.15, 0.2) is 17.2 Å². The number of carbonyl (C=O) groups excluding carboxylic acids is 1. The van der Waals surface area contributed by atoms with Crippen molar-refractivity contribution in [2.75, 3.05) is 0 Å². The summed E-state index contributed by atoms with van der Waals surface area (Å²) in [6.45, 7) is 8.04. The molecule has 2 rings (SSSR count). The summed E-state index contributed by atoms with van der Waals surface area (Å²) in [4.78, 5) is 12.4. The SMILES string of the molecule is Cc1cc(C)c2c(c1)CC(C)(C)C(=NN)C2=O. The standard InChI is InChI=1S/C14H18N2O/c1-8-5-9(2)11-10(6-8)7-14(3,4)13(16-15)12(11)17/h5-6H,7,15H2,1-4H3. The molecule has 2 N–H and O–H groups in total. The molecule has 0 heterocycles. The van der Waals surface area contributed by atoms with Gasteiger partial charge < -0.3 is 5.84 Å². The van der Waals surface area contributed by atoms with Gasteiger partial charge >= 0.3 is 0 Å². The second-order valence-electron chi connectivity index (χ2n) is 5.48. The third kappa shape index (κ3) is 1.75. The summed E-state index contributed by atoms with van der Waals surface area (Å²) < 4.78 is 0. The normalized spacial score (nSPS) is 20.5. The zero-order valence-corrected chi connectivity index (χ0v) is 10.8. The first-order valence-electron chi connectivity index (χ1n) is 5.80. The van der Waals surface area contributed by atoms with E-state index in [1.54, 1.807) is 0 Å². The van der Waals surface area contributed by atoms with Crippen molar-refractivity contribution < 1.29 is 4.79 Å². The highest BCUT2D eigenvalue weighted by atomic mass is 16.1. The molecule has 0 spiro atoms. The van der Waals surface area contributed by atoms with Crippen molar-refractivity contribution in [1.29, 1.82) is 0 Å². The van der Waals surface area contributed by atoms with Crippen LogP contribution < -0.4 is 5.84 Å². The van der Waals surface area contributed by atoms with Crippen molar-refractivity contribution >= 4 is 11.5 Å². The molecule has 1 aliphatic carbocycles. The molecule has 3 heteroatoms. The van der Waals surface area contributed by atoms with E-state index in [2.05, 4.69) is 18.1 Å². The maximum absolute atomic E-state index is 12.4. The quantitative estimate of drug-likeness (QED) is 0.549. The lowest BCUT2D eigenvalue weighted by atomic mass is 9.71. The average Bonchev–Trinajstić information content (AvgIpc) is 2.14. The molecule has 0 radical (unpaired) electrons. The van der Waals surface area contributed by atoms with Crippen LogP contribution in [-0.2, 0) is 6.42 Å². The van der Waals surface area contributed by atoms with Gasteiger partial charge in [-0.15, -0.1) is 0 Å². The molecule has 0 atom stereocenters. The van der Waals surface area contributed by atoms with Gasteiger partial charge in [0.15, 0.2) is 0 Å². The zero-order valence-electron chi connectivity index (χ0n) is 10.8. The number of Topliss-reactive ketones (excluding diaryl/α,β-unsaturated/α-hetero) is 1. The minimum atomic E-state index is -0.279. The summed E-state index contributed by atoms with van der Waals surface area (Å²) >= 11 is 0. The number of hydrogen-bond donors (Lipinski definition) is 1. The van der Waals surface area contributed by atoms with Gasteiger partial charge in [0.1, 0.15) is 5.71 Å². The Morgan fingerprint density at radius 3 is 2.53 bits per heavy atom. The van der Waals surface area contributed by atoms with Crippen molar-refractivity contribution in [1.82, 2.24) is 0 Å². The molecule has 1 aliphatic rings. The fraction of sp³-hybridized carbons (Fsp3) is 0.429. The molecule has 90 valence electrons. The van der Waals surface area contributed by atoms with Gasteiger partial charge in [-0.25, -0.2) is 0 Å². The Morgan fingerprint density at radius 1 is 1.29 bits per heavy atom. The molecule has 0 bridgehead atoms. The summed E-state index contributed by atoms with van der Waals surface area (Å²) in [7, 11) is 0. The third-order valence-electron chi connectivity index (χ3n) is 3.41. The molecule has 1 aromatic carbocycles. The number of hydrogen-bond acceptors (Lipinski definition) is 3. The molecule has 0 saturated heterocycles. The van der Waals surface area contributed by atoms with Crippen LogP contribution in [0.1, 0.15) is 40.9 Å². The van der Waals surface area contributed by atoms with E-state index < -0.39 is 0 Å². The van der Waals surface area contributed by atoms with E-state index in [1.165, 1.54) is 5.56 Å². The maximum atomic E-state index is 12.4. The monoisotopic (exact) mass is 230 g/mol. The Hall–Kier alpha value is -1.64. The molecule has 0 aromatic heterocycles. The van der Waals surface area contributed by atoms with Crippen molar-refractivity contribution in [2.24, 2.45) is 16.4 Å². The van der Waals surface area contributed by atoms with E-state index in [4.69, 9.17) is 5.84 Å². The molecule has 0 aliphatic heterocycles. The maximum Gasteiger partial charge on any atom is 0.210 e. The van der Waals surface area contributed by atoms with E-state index in [0.29, 0.717) is 5.71 Å². The van der Waals surface area contributed by atoms with Gasteiger partial charge in [0, 0.05) is 11.0 Å². The number of rotatable bonds is 0. The second-order valence-corrected chi connectivity index (χ2v) is 5.48. The minimum Gasteiger partial charge on any atom is -0.323 e. The van der Waals surface area contributed by atoms with Crippen molar-refractivity contribution in [3.63, 3.8) is 0 Å². The van der Waals surface area contributed by atoms with Gasteiger partial charge in [0.25, 0.3) is 0 Å².